The van der Waals surface area contributed by atoms with E-state index >= 15 is 0 Å². The molecular weight excluding hydrogens is 528 g/mol. The highest BCUT2D eigenvalue weighted by molar-refractivity contribution is 7.80. The van der Waals surface area contributed by atoms with Crippen molar-refractivity contribution in [1.29, 1.82) is 0 Å². The quantitative estimate of drug-likeness (QED) is 0.0895. The summed E-state index contributed by atoms with van der Waals surface area (Å²) in [6, 6.07) is -4.37. The minimum absolute atomic E-state index is 0.0111. The lowest BCUT2D eigenvalue weighted by Crippen LogP contribution is -2.78. The lowest BCUT2D eigenvalue weighted by Gasteiger charge is -2.53. The fourth-order valence-electron chi connectivity index (χ4n) is 5.78. The largest absolute Gasteiger partial charge is 0.434 e. The van der Waals surface area contributed by atoms with Crippen LogP contribution in [0.25, 0.3) is 0 Å². The van der Waals surface area contributed by atoms with Gasteiger partial charge in [0, 0.05) is 12.3 Å². The average Bonchev–Trinajstić information content (AvgIpc) is 3.19. The molecule has 5 rings (SSSR count). The van der Waals surface area contributed by atoms with Crippen LogP contribution in [0.2, 0.25) is 0 Å². The number of hydroxylamine groups is 4. The van der Waals surface area contributed by atoms with Crippen molar-refractivity contribution >= 4 is 34.3 Å². The summed E-state index contributed by atoms with van der Waals surface area (Å²) in [6.07, 6.45) is -2.17. The molecule has 0 bridgehead atoms. The highest BCUT2D eigenvalue weighted by atomic mass is 32.3. The van der Waals surface area contributed by atoms with Crippen LogP contribution in [0.4, 0.5) is 4.79 Å². The molecule has 206 valence electrons. The number of nitrogens with two attached hydrogens (primary N) is 2. The Morgan fingerprint density at radius 3 is 2.51 bits per heavy atom. The van der Waals surface area contributed by atoms with E-state index in [1.165, 1.54) is 4.90 Å². The highest BCUT2D eigenvalue weighted by Crippen LogP contribution is 2.57. The molecule has 2 amide bonds. The molecule has 0 aromatic rings. The highest BCUT2D eigenvalue weighted by Gasteiger charge is 2.83. The first kappa shape index (κ1) is 25.6. The van der Waals surface area contributed by atoms with Gasteiger partial charge in [0.1, 0.15) is 12.7 Å². The van der Waals surface area contributed by atoms with Crippen LogP contribution in [0.3, 0.4) is 0 Å². The molecule has 3 saturated heterocycles. The fourth-order valence-corrected chi connectivity index (χ4v) is 6.12. The molecule has 0 radical (unpaired) electrons. The number of guanidine groups is 2. The van der Waals surface area contributed by atoms with Gasteiger partial charge in [-0.25, -0.2) is 24.0 Å². The number of aliphatic imine (C=N–C) groups is 2. The molecule has 5 heterocycles. The van der Waals surface area contributed by atoms with Gasteiger partial charge < -0.3 is 41.3 Å². The van der Waals surface area contributed by atoms with Crippen molar-refractivity contribution in [3.63, 3.8) is 0 Å². The van der Waals surface area contributed by atoms with Crippen LogP contribution in [-0.2, 0) is 24.1 Å². The van der Waals surface area contributed by atoms with Gasteiger partial charge in [0.25, 0.3) is 11.7 Å². The van der Waals surface area contributed by atoms with E-state index in [0.29, 0.717) is 5.06 Å². The van der Waals surface area contributed by atoms with E-state index < -0.39 is 102 Å². The summed E-state index contributed by atoms with van der Waals surface area (Å²) >= 11 is 0. The van der Waals surface area contributed by atoms with Crippen molar-refractivity contribution in [3.05, 3.63) is 0 Å². The van der Waals surface area contributed by atoms with Gasteiger partial charge in [-0.15, -0.1) is 0 Å². The molecule has 3 fully saturated rings. The van der Waals surface area contributed by atoms with Crippen LogP contribution in [0.5, 0.6) is 0 Å². The number of carbonyl (C=O) groups excluding carboxylic acids is 2. The summed E-state index contributed by atoms with van der Waals surface area (Å²) in [7, 11) is -4.97. The second kappa shape index (κ2) is 7.73. The van der Waals surface area contributed by atoms with Crippen molar-refractivity contribution in [1.82, 2.24) is 19.9 Å². The van der Waals surface area contributed by atoms with Gasteiger partial charge in [0.05, 0.1) is 25.8 Å². The summed E-state index contributed by atoms with van der Waals surface area (Å²) < 4.78 is 40.5. The first-order valence-corrected chi connectivity index (χ1v) is 12.1. The van der Waals surface area contributed by atoms with Gasteiger partial charge in [0.15, 0.2) is 23.6 Å². The summed E-state index contributed by atoms with van der Waals surface area (Å²) in [5, 5.41) is 53.9. The molecule has 0 aromatic heterocycles. The maximum atomic E-state index is 12.7. The number of aliphatic hydroxyl groups excluding tert-OH is 1. The zero-order chi connectivity index (χ0) is 27.3. The van der Waals surface area contributed by atoms with Gasteiger partial charge in [-0.05, 0) is 0 Å². The predicted molar refractivity (Wildman–Crippen MR) is 112 cm³/mol. The zero-order valence-electron chi connectivity index (χ0n) is 18.7. The minimum Gasteiger partial charge on any atom is -0.433 e. The van der Waals surface area contributed by atoms with Crippen LogP contribution in [0, 0.1) is 5.92 Å². The first-order valence-electron chi connectivity index (χ1n) is 10.7. The number of amides is 2. The van der Waals surface area contributed by atoms with E-state index in [1.54, 1.807) is 0 Å². The van der Waals surface area contributed by atoms with Gasteiger partial charge in [-0.3, -0.25) is 19.8 Å². The summed E-state index contributed by atoms with van der Waals surface area (Å²) in [5.41, 5.74) is 7.43. The van der Waals surface area contributed by atoms with E-state index in [2.05, 4.69) is 14.2 Å². The lowest BCUT2D eigenvalue weighted by atomic mass is 9.75. The van der Waals surface area contributed by atoms with E-state index in [1.807, 2.05) is 0 Å². The summed E-state index contributed by atoms with van der Waals surface area (Å²) in [5.74, 6) is -6.26. The topological polar surface area (TPSA) is 298 Å². The number of aliphatic hydroxyl groups is 3. The molecule has 0 aliphatic carbocycles. The van der Waals surface area contributed by atoms with Crippen LogP contribution >= 0.6 is 0 Å². The SMILES string of the molecule is NC1=NC23[C@@H]4[C@H](N=C(N)N2C[C@]2(C[C@H]([C@@H](CO)COS(=O)(=O)O)N(O)C(=O)O2)C3(O)O)C(=O)N(O)CN14. The van der Waals surface area contributed by atoms with Crippen LogP contribution in [-0.4, -0.2) is 144 Å². The third kappa shape index (κ3) is 3.22. The first-order chi connectivity index (χ1) is 17.1. The molecule has 2 spiro atoms. The molecular formula is C16H24N8O12S. The molecule has 5 aliphatic heterocycles. The second-order valence-electron chi connectivity index (χ2n) is 9.31. The Labute approximate surface area is 207 Å². The Morgan fingerprint density at radius 1 is 1.22 bits per heavy atom. The van der Waals surface area contributed by atoms with E-state index in [4.69, 9.17) is 20.8 Å². The second-order valence-corrected chi connectivity index (χ2v) is 10.4. The average molecular weight is 552 g/mol. The van der Waals surface area contributed by atoms with E-state index in [9.17, 15) is 43.7 Å². The Hall–Kier alpha value is -3.05. The number of rotatable bonds is 5. The molecule has 0 saturated carbocycles. The Balaban J connectivity index is 1.59. The molecule has 5 aliphatic rings. The predicted octanol–water partition coefficient (Wildman–Crippen LogP) is -5.67. The van der Waals surface area contributed by atoms with Crippen LogP contribution in [0.1, 0.15) is 6.42 Å². The number of nitrogens with zero attached hydrogens (tertiary/aromatic N) is 6. The zero-order valence-corrected chi connectivity index (χ0v) is 19.5. The van der Waals surface area contributed by atoms with Crippen molar-refractivity contribution in [3.8, 4) is 0 Å². The Kier molecular flexibility index (Phi) is 5.35. The van der Waals surface area contributed by atoms with Crippen molar-refractivity contribution in [2.45, 2.75) is 41.6 Å². The smallest absolute Gasteiger partial charge is 0.433 e. The molecule has 0 aromatic carbocycles. The molecule has 10 N–H and O–H groups in total. The Bertz CT molecular complexity index is 1210. The third-order valence-corrected chi connectivity index (χ3v) is 7.91. The maximum absolute atomic E-state index is 12.7. The maximum Gasteiger partial charge on any atom is 0.434 e. The van der Waals surface area contributed by atoms with Gasteiger partial charge in [-0.1, -0.05) is 0 Å². The normalized spacial score (nSPS) is 37.3. The molecule has 20 nitrogen and oxygen atoms in total. The fraction of sp³-hybridized carbons (Fsp3) is 0.750. The molecule has 37 heavy (non-hydrogen) atoms. The number of carbonyl (C=O) groups is 2. The number of hydrogen-bond acceptors (Lipinski definition) is 17. The van der Waals surface area contributed by atoms with Gasteiger partial charge in [0.2, 0.25) is 5.66 Å². The van der Waals surface area contributed by atoms with Gasteiger partial charge >= 0.3 is 16.5 Å². The molecule has 6 atom stereocenters. The standard InChI is InChI=1S/C16H24N8O12S/c17-11-19-8-9-15(20-12(18)21(9)5-23(30)10(8)26)16(28,29)14(4-22(11)15)1-7(24(31)13(27)36-14)6(2-25)3-35-37(32,33)34/h6-9,25,28-31H,1-5H2,(H2,17,19)(H2,18,20)(H,32,33,34)/t6-,7+,8-,9-,14+,15?/m0/s1. The van der Waals surface area contributed by atoms with Crippen molar-refractivity contribution < 1.29 is 57.2 Å². The summed E-state index contributed by atoms with van der Waals surface area (Å²) in [4.78, 5) is 35.9. The van der Waals surface area contributed by atoms with Crippen LogP contribution in [0.15, 0.2) is 9.98 Å². The monoisotopic (exact) mass is 552 g/mol. The van der Waals surface area contributed by atoms with Crippen molar-refractivity contribution in [2.24, 2.45) is 27.4 Å². The lowest BCUT2D eigenvalue weighted by molar-refractivity contribution is -0.317. The molecule has 21 heteroatoms. The number of hydrogen-bond donors (Lipinski definition) is 8. The minimum atomic E-state index is -4.97. The molecule has 1 unspecified atom stereocenters. The summed E-state index contributed by atoms with van der Waals surface area (Å²) in [6.45, 7) is -2.90. The Morgan fingerprint density at radius 2 is 1.89 bits per heavy atom. The third-order valence-electron chi connectivity index (χ3n) is 7.47. The van der Waals surface area contributed by atoms with Gasteiger partial charge in [-0.2, -0.15) is 13.5 Å². The van der Waals surface area contributed by atoms with E-state index in [-0.39, 0.29) is 11.0 Å². The number of ether oxygens (including phenoxy) is 1. The van der Waals surface area contributed by atoms with Crippen molar-refractivity contribution in [2.75, 3.05) is 26.4 Å². The van der Waals surface area contributed by atoms with Crippen LogP contribution < -0.4 is 11.5 Å². The van der Waals surface area contributed by atoms with E-state index in [0.717, 1.165) is 4.90 Å².